The van der Waals surface area contributed by atoms with Crippen molar-refractivity contribution in [3.8, 4) is 11.5 Å². The molecule has 1 atom stereocenters. The molecule has 0 aliphatic carbocycles. The van der Waals surface area contributed by atoms with Crippen molar-refractivity contribution in [3.05, 3.63) is 124 Å². The van der Waals surface area contributed by atoms with Crippen LogP contribution in [-0.4, -0.2) is 59.9 Å². The molecule has 0 saturated carbocycles. The van der Waals surface area contributed by atoms with Gasteiger partial charge in [0.1, 0.15) is 22.7 Å². The Morgan fingerprint density at radius 1 is 0.792 bits per heavy atom. The number of benzodiazepines with no additional fused rings is 1. The van der Waals surface area contributed by atoms with E-state index in [1.54, 1.807) is 103 Å². The number of methoxy groups -OCH3 is 2. The molecule has 0 fully saturated rings. The van der Waals surface area contributed by atoms with E-state index < -0.39 is 41.0 Å². The van der Waals surface area contributed by atoms with Gasteiger partial charge in [0.15, 0.2) is 0 Å². The van der Waals surface area contributed by atoms with Gasteiger partial charge in [-0.1, -0.05) is 66.2 Å². The van der Waals surface area contributed by atoms with Crippen LogP contribution in [0.15, 0.2) is 102 Å². The van der Waals surface area contributed by atoms with E-state index in [9.17, 15) is 9.59 Å². The maximum absolute atomic E-state index is 15.8. The molecule has 0 saturated heterocycles. The highest BCUT2D eigenvalue weighted by Gasteiger charge is 2.52. The molecule has 3 amide bonds. The molecule has 53 heavy (non-hydrogen) atoms. The molecule has 0 radical (unpaired) electrons. The van der Waals surface area contributed by atoms with Gasteiger partial charge in [-0.05, 0) is 102 Å². The number of nitrogens with one attached hydrogen (secondary N) is 1. The number of halogens is 1. The smallest absolute Gasteiger partial charge is 0.432 e. The van der Waals surface area contributed by atoms with E-state index in [2.05, 4.69) is 5.43 Å². The molecule has 4 aromatic carbocycles. The summed E-state index contributed by atoms with van der Waals surface area (Å²) in [7, 11) is 3.15. The summed E-state index contributed by atoms with van der Waals surface area (Å²) in [4.78, 5) is 50.3. The fraction of sp³-hybridized carbons (Fsp3) is 0.317. The second kappa shape index (κ2) is 15.2. The monoisotopic (exact) mass is 740 g/mol. The van der Waals surface area contributed by atoms with E-state index in [1.807, 2.05) is 54.6 Å². The van der Waals surface area contributed by atoms with Gasteiger partial charge in [0.25, 0.3) is 5.91 Å². The molecule has 0 spiro atoms. The summed E-state index contributed by atoms with van der Waals surface area (Å²) in [6, 6.07) is 28.2. The summed E-state index contributed by atoms with van der Waals surface area (Å²) in [5, 5.41) is 1.20. The number of anilines is 1. The van der Waals surface area contributed by atoms with E-state index in [0.717, 1.165) is 5.01 Å². The van der Waals surface area contributed by atoms with Crippen molar-refractivity contribution in [2.45, 2.75) is 71.4 Å². The van der Waals surface area contributed by atoms with Crippen LogP contribution in [0.4, 0.5) is 15.3 Å². The van der Waals surface area contributed by atoms with Crippen LogP contribution in [-0.2, 0) is 14.3 Å². The SMILES string of the molecule is COc1ccc(C(c2ccc(OC)cc2)N2C(=O)[C@@](C)(N(NC(=O)OC(C)(C)C)C(=O)OC(C)(C)C)N=C(c3ccccc3)c3cc(Cl)ccc32)cc1. The van der Waals surface area contributed by atoms with Gasteiger partial charge in [0.05, 0.1) is 31.7 Å². The molecule has 5 rings (SSSR count). The fourth-order valence-electron chi connectivity index (χ4n) is 5.88. The Labute approximate surface area is 315 Å². The fourth-order valence-corrected chi connectivity index (χ4v) is 6.06. The minimum atomic E-state index is -2.19. The number of rotatable bonds is 7. The summed E-state index contributed by atoms with van der Waals surface area (Å²) >= 11 is 6.69. The molecule has 12 heteroatoms. The maximum atomic E-state index is 15.8. The second-order valence-corrected chi connectivity index (χ2v) is 15.0. The zero-order chi connectivity index (χ0) is 38.7. The zero-order valence-corrected chi connectivity index (χ0v) is 32.1. The average molecular weight is 741 g/mol. The van der Waals surface area contributed by atoms with Gasteiger partial charge in [-0.25, -0.2) is 20.0 Å². The topological polar surface area (TPSA) is 119 Å². The van der Waals surface area contributed by atoms with E-state index in [-0.39, 0.29) is 0 Å². The van der Waals surface area contributed by atoms with E-state index in [0.29, 0.717) is 50.2 Å². The lowest BCUT2D eigenvalue weighted by molar-refractivity contribution is -0.131. The van der Waals surface area contributed by atoms with Crippen LogP contribution in [0.25, 0.3) is 0 Å². The van der Waals surface area contributed by atoms with E-state index in [4.69, 9.17) is 35.5 Å². The number of carbonyl (C=O) groups excluding carboxylic acids is 3. The van der Waals surface area contributed by atoms with Crippen LogP contribution in [0.3, 0.4) is 0 Å². The Bertz CT molecular complexity index is 1940. The highest BCUT2D eigenvalue weighted by molar-refractivity contribution is 6.32. The third-order valence-corrected chi connectivity index (χ3v) is 8.44. The third kappa shape index (κ3) is 8.74. The minimum absolute atomic E-state index is 0.337. The Morgan fingerprint density at radius 2 is 1.32 bits per heavy atom. The van der Waals surface area contributed by atoms with Crippen LogP contribution in [0.5, 0.6) is 11.5 Å². The van der Waals surface area contributed by atoms with Crippen LogP contribution in [0.1, 0.15) is 76.8 Å². The summed E-state index contributed by atoms with van der Waals surface area (Å²) in [5.41, 5.74) is 1.72. The standard InChI is InChI=1S/C41H45ClN4O7/c1-39(2,3)52-37(48)44-46(38(49)53-40(4,5)6)41(7)36(47)45(33-24-19-29(42)25-32(33)34(43-41)26-13-11-10-12-14-26)35(27-15-20-30(50-8)21-16-27)28-17-22-31(51-9)23-18-28/h10-25,35H,1-9H3,(H,44,48)/t41-/m1/s1. The first kappa shape index (κ1) is 38.7. The van der Waals surface area contributed by atoms with Crippen molar-refractivity contribution in [2.24, 2.45) is 4.99 Å². The molecule has 1 N–H and O–H groups in total. The first-order chi connectivity index (χ1) is 24.9. The average Bonchev–Trinajstić information content (AvgIpc) is 3.19. The van der Waals surface area contributed by atoms with Gasteiger partial charge in [0.2, 0.25) is 5.66 Å². The van der Waals surface area contributed by atoms with Crippen molar-refractivity contribution >= 4 is 41.1 Å². The predicted octanol–water partition coefficient (Wildman–Crippen LogP) is 8.72. The summed E-state index contributed by atoms with van der Waals surface area (Å²) in [5.74, 6) is 0.563. The summed E-state index contributed by atoms with van der Waals surface area (Å²) in [6.07, 6.45) is -2.03. The lowest BCUT2D eigenvalue weighted by Crippen LogP contribution is -2.65. The van der Waals surface area contributed by atoms with E-state index >= 15 is 4.79 Å². The Morgan fingerprint density at radius 3 is 1.81 bits per heavy atom. The van der Waals surface area contributed by atoms with Crippen molar-refractivity contribution in [1.82, 2.24) is 10.4 Å². The van der Waals surface area contributed by atoms with Crippen LogP contribution in [0, 0.1) is 0 Å². The number of hydrazine groups is 1. The van der Waals surface area contributed by atoms with Gasteiger partial charge in [-0.15, -0.1) is 0 Å². The Kier molecular flexibility index (Phi) is 11.1. The predicted molar refractivity (Wildman–Crippen MR) is 205 cm³/mol. The molecule has 1 heterocycles. The van der Waals surface area contributed by atoms with Crippen molar-refractivity contribution in [2.75, 3.05) is 19.1 Å². The number of hydrogen-bond donors (Lipinski definition) is 1. The van der Waals surface area contributed by atoms with Gasteiger partial charge < -0.3 is 18.9 Å². The molecule has 11 nitrogen and oxygen atoms in total. The highest BCUT2D eigenvalue weighted by Crippen LogP contribution is 2.43. The number of aliphatic imine (C=N–C) groups is 1. The molecular formula is C41H45ClN4O7. The largest absolute Gasteiger partial charge is 0.497 e. The second-order valence-electron chi connectivity index (χ2n) is 14.6. The molecule has 278 valence electrons. The van der Waals surface area contributed by atoms with Crippen molar-refractivity contribution in [1.29, 1.82) is 0 Å². The van der Waals surface area contributed by atoms with Crippen molar-refractivity contribution in [3.63, 3.8) is 0 Å². The van der Waals surface area contributed by atoms with Gasteiger partial charge in [-0.3, -0.25) is 9.69 Å². The number of fused-ring (bicyclic) bond motifs is 1. The number of ether oxygens (including phenoxy) is 4. The molecule has 1 aliphatic rings. The molecule has 1 aliphatic heterocycles. The van der Waals surface area contributed by atoms with E-state index in [1.165, 1.54) is 6.92 Å². The lowest BCUT2D eigenvalue weighted by atomic mass is 9.93. The summed E-state index contributed by atoms with van der Waals surface area (Å²) < 4.78 is 22.3. The van der Waals surface area contributed by atoms with Gasteiger partial charge >= 0.3 is 12.2 Å². The zero-order valence-electron chi connectivity index (χ0n) is 31.4. The number of benzene rings is 4. The van der Waals surface area contributed by atoms with Crippen LogP contribution < -0.4 is 19.8 Å². The molecule has 0 unspecified atom stereocenters. The first-order valence-corrected chi connectivity index (χ1v) is 17.4. The minimum Gasteiger partial charge on any atom is -0.497 e. The third-order valence-electron chi connectivity index (χ3n) is 8.21. The number of carbonyl (C=O) groups is 3. The molecule has 0 aromatic heterocycles. The van der Waals surface area contributed by atoms with Crippen LogP contribution in [0.2, 0.25) is 5.02 Å². The molecule has 4 aromatic rings. The first-order valence-electron chi connectivity index (χ1n) is 17.0. The lowest BCUT2D eigenvalue weighted by Gasteiger charge is -2.41. The van der Waals surface area contributed by atoms with Gasteiger partial charge in [0, 0.05) is 16.1 Å². The number of amides is 3. The molecular weight excluding hydrogens is 696 g/mol. The Hall–Kier alpha value is -5.55. The molecule has 0 bridgehead atoms. The Balaban J connectivity index is 1.86. The number of hydrogen-bond acceptors (Lipinski definition) is 8. The van der Waals surface area contributed by atoms with Gasteiger partial charge in [-0.2, -0.15) is 5.01 Å². The quantitative estimate of drug-likeness (QED) is 0.188. The normalized spacial score (nSPS) is 15.9. The van der Waals surface area contributed by atoms with Crippen molar-refractivity contribution < 1.29 is 33.3 Å². The maximum Gasteiger partial charge on any atom is 0.432 e. The highest BCUT2D eigenvalue weighted by atomic mass is 35.5. The van der Waals surface area contributed by atoms with Crippen LogP contribution >= 0.6 is 11.6 Å². The summed E-state index contributed by atoms with van der Waals surface area (Å²) in [6.45, 7) is 11.6. The number of nitrogens with zero attached hydrogens (tertiary/aromatic N) is 3.